The third-order valence-electron chi connectivity index (χ3n) is 4.29. The van der Waals surface area contributed by atoms with Gasteiger partial charge in [0, 0.05) is 19.6 Å². The summed E-state index contributed by atoms with van der Waals surface area (Å²) in [6.07, 6.45) is -3.03. The van der Waals surface area contributed by atoms with E-state index in [2.05, 4.69) is 22.3 Å². The summed E-state index contributed by atoms with van der Waals surface area (Å²) in [5, 5.41) is 2.50. The third kappa shape index (κ3) is 3.33. The molecule has 0 bridgehead atoms. The smallest absolute Gasteiger partial charge is 0.307 e. The molecule has 1 N–H and O–H groups in total. The summed E-state index contributed by atoms with van der Waals surface area (Å²) in [5.41, 5.74) is -0.468. The first-order chi connectivity index (χ1) is 9.47. The highest BCUT2D eigenvalue weighted by molar-refractivity contribution is 5.15. The van der Waals surface area contributed by atoms with Gasteiger partial charge >= 0.3 is 6.18 Å². The van der Waals surface area contributed by atoms with Crippen LogP contribution in [0.1, 0.15) is 18.4 Å². The second-order valence-electron chi connectivity index (χ2n) is 5.41. The Kier molecular flexibility index (Phi) is 4.70. The van der Waals surface area contributed by atoms with Crippen molar-refractivity contribution in [2.45, 2.75) is 31.0 Å². The number of likely N-dealkylation sites (tertiary alicyclic amines) is 1. The Labute approximate surface area is 118 Å². The van der Waals surface area contributed by atoms with Crippen LogP contribution < -0.4 is 5.32 Å². The van der Waals surface area contributed by atoms with E-state index in [1.807, 2.05) is 18.2 Å². The monoisotopic (exact) mass is 286 g/mol. The lowest BCUT2D eigenvalue weighted by Crippen LogP contribution is -2.61. The molecule has 0 unspecified atom stereocenters. The Morgan fingerprint density at radius 1 is 1.15 bits per heavy atom. The minimum atomic E-state index is -4.17. The van der Waals surface area contributed by atoms with Gasteiger partial charge in [0.25, 0.3) is 0 Å². The van der Waals surface area contributed by atoms with Crippen LogP contribution in [0.3, 0.4) is 0 Å². The molecular weight excluding hydrogens is 265 g/mol. The molecule has 112 valence electrons. The summed E-state index contributed by atoms with van der Waals surface area (Å²) < 4.78 is 39.3. The van der Waals surface area contributed by atoms with Gasteiger partial charge in [0.15, 0.2) is 0 Å². The molecule has 0 amide bonds. The van der Waals surface area contributed by atoms with E-state index in [4.69, 9.17) is 0 Å². The van der Waals surface area contributed by atoms with E-state index in [1.54, 1.807) is 0 Å². The number of halogens is 3. The zero-order chi connectivity index (χ0) is 14.6. The van der Waals surface area contributed by atoms with Crippen LogP contribution in [0, 0.1) is 0 Å². The van der Waals surface area contributed by atoms with E-state index in [9.17, 15) is 13.2 Å². The molecule has 2 nitrogen and oxygen atoms in total. The summed E-state index contributed by atoms with van der Waals surface area (Å²) in [6.45, 7) is 1.81. The molecule has 0 aromatic heterocycles. The maximum Gasteiger partial charge on any atom is 0.406 e. The lowest BCUT2D eigenvalue weighted by molar-refractivity contribution is -0.207. The van der Waals surface area contributed by atoms with Gasteiger partial charge < -0.3 is 10.2 Å². The minimum absolute atomic E-state index is 0.127. The number of hydrogen-bond acceptors (Lipinski definition) is 2. The topological polar surface area (TPSA) is 15.3 Å². The largest absolute Gasteiger partial charge is 0.406 e. The van der Waals surface area contributed by atoms with Crippen LogP contribution in [0.2, 0.25) is 0 Å². The first-order valence-corrected chi connectivity index (χ1v) is 6.99. The molecular formula is C15H21F3N2. The van der Waals surface area contributed by atoms with Crippen LogP contribution in [-0.4, -0.2) is 43.3 Å². The molecule has 20 heavy (non-hydrogen) atoms. The van der Waals surface area contributed by atoms with Crippen LogP contribution in [0.5, 0.6) is 0 Å². The fourth-order valence-corrected chi connectivity index (χ4v) is 2.77. The van der Waals surface area contributed by atoms with Crippen molar-refractivity contribution in [3.05, 3.63) is 35.9 Å². The van der Waals surface area contributed by atoms with Crippen molar-refractivity contribution in [3.63, 3.8) is 0 Å². The number of nitrogens with one attached hydrogen (secondary N) is 1. The van der Waals surface area contributed by atoms with Crippen LogP contribution in [-0.2, 0) is 6.42 Å². The molecule has 1 aromatic rings. The average Bonchev–Trinajstić information content (AvgIpc) is 2.45. The molecule has 0 spiro atoms. The molecule has 0 saturated carbocycles. The highest BCUT2D eigenvalue weighted by Gasteiger charge is 2.54. The Balaban J connectivity index is 1.85. The van der Waals surface area contributed by atoms with Gasteiger partial charge in [-0.25, -0.2) is 0 Å². The molecule has 0 atom stereocenters. The molecule has 0 aliphatic carbocycles. The zero-order valence-electron chi connectivity index (χ0n) is 11.7. The predicted molar refractivity (Wildman–Crippen MR) is 73.7 cm³/mol. The number of rotatable bonds is 4. The maximum atomic E-state index is 13.1. The van der Waals surface area contributed by atoms with E-state index in [1.165, 1.54) is 12.6 Å². The molecule has 0 radical (unpaired) electrons. The molecule has 1 aliphatic rings. The van der Waals surface area contributed by atoms with Crippen LogP contribution >= 0.6 is 0 Å². The summed E-state index contributed by atoms with van der Waals surface area (Å²) in [4.78, 5) is 2.12. The number of benzene rings is 1. The van der Waals surface area contributed by atoms with Gasteiger partial charge in [0.1, 0.15) is 5.54 Å². The van der Waals surface area contributed by atoms with E-state index in [0.29, 0.717) is 13.1 Å². The molecule has 1 aliphatic heterocycles. The number of hydrogen-bond donors (Lipinski definition) is 1. The number of piperidine rings is 1. The minimum Gasteiger partial charge on any atom is -0.307 e. The number of alkyl halides is 3. The Morgan fingerprint density at radius 2 is 1.75 bits per heavy atom. The van der Waals surface area contributed by atoms with E-state index < -0.39 is 11.7 Å². The van der Waals surface area contributed by atoms with Gasteiger partial charge in [-0.1, -0.05) is 30.3 Å². The van der Waals surface area contributed by atoms with Crippen molar-refractivity contribution in [1.82, 2.24) is 10.2 Å². The zero-order valence-corrected chi connectivity index (χ0v) is 11.7. The summed E-state index contributed by atoms with van der Waals surface area (Å²) in [5.74, 6) is 0. The van der Waals surface area contributed by atoms with Crippen LogP contribution in [0.15, 0.2) is 30.3 Å². The van der Waals surface area contributed by atoms with Crippen molar-refractivity contribution in [1.29, 1.82) is 0 Å². The van der Waals surface area contributed by atoms with Crippen molar-refractivity contribution >= 4 is 0 Å². The summed E-state index contributed by atoms with van der Waals surface area (Å²) >= 11 is 0. The van der Waals surface area contributed by atoms with Gasteiger partial charge in [-0.2, -0.15) is 13.2 Å². The first-order valence-electron chi connectivity index (χ1n) is 6.99. The van der Waals surface area contributed by atoms with Crippen molar-refractivity contribution in [2.75, 3.05) is 26.7 Å². The highest BCUT2D eigenvalue weighted by atomic mass is 19.4. The normalized spacial score (nSPS) is 20.0. The summed E-state index contributed by atoms with van der Waals surface area (Å²) in [7, 11) is 1.41. The average molecular weight is 286 g/mol. The van der Waals surface area contributed by atoms with Crippen molar-refractivity contribution < 1.29 is 13.2 Å². The van der Waals surface area contributed by atoms with Gasteiger partial charge in [-0.15, -0.1) is 0 Å². The van der Waals surface area contributed by atoms with Gasteiger partial charge in [-0.05, 0) is 31.9 Å². The van der Waals surface area contributed by atoms with Crippen LogP contribution in [0.4, 0.5) is 13.2 Å². The van der Waals surface area contributed by atoms with E-state index in [-0.39, 0.29) is 12.8 Å². The van der Waals surface area contributed by atoms with Crippen LogP contribution in [0.25, 0.3) is 0 Å². The second kappa shape index (κ2) is 6.14. The van der Waals surface area contributed by atoms with Gasteiger partial charge in [0.05, 0.1) is 0 Å². The summed E-state index contributed by atoms with van der Waals surface area (Å²) in [6, 6.07) is 10.0. The Hall–Kier alpha value is -1.07. The number of nitrogens with zero attached hydrogens (tertiary/aromatic N) is 1. The lowest BCUT2D eigenvalue weighted by Gasteiger charge is -2.42. The second-order valence-corrected chi connectivity index (χ2v) is 5.41. The first kappa shape index (κ1) is 15.3. The molecule has 1 heterocycles. The van der Waals surface area contributed by atoms with E-state index >= 15 is 0 Å². The molecule has 2 rings (SSSR count). The Morgan fingerprint density at radius 3 is 2.25 bits per heavy atom. The lowest BCUT2D eigenvalue weighted by atomic mass is 9.87. The fraction of sp³-hybridized carbons (Fsp3) is 0.600. The molecule has 5 heteroatoms. The predicted octanol–water partition coefficient (Wildman–Crippen LogP) is 2.85. The van der Waals surface area contributed by atoms with Crippen molar-refractivity contribution in [3.8, 4) is 0 Å². The van der Waals surface area contributed by atoms with Gasteiger partial charge in [-0.3, -0.25) is 0 Å². The van der Waals surface area contributed by atoms with Gasteiger partial charge in [0.2, 0.25) is 0 Å². The van der Waals surface area contributed by atoms with E-state index in [0.717, 1.165) is 13.0 Å². The molecule has 1 saturated heterocycles. The molecule has 1 fully saturated rings. The highest BCUT2D eigenvalue weighted by Crippen LogP contribution is 2.38. The third-order valence-corrected chi connectivity index (χ3v) is 4.29. The standard InChI is InChI=1S/C15H21F3N2/c1-19-14(15(16,17)18)8-11-20(12-9-14)10-7-13-5-3-2-4-6-13/h2-6,19H,7-12H2,1H3. The SMILES string of the molecule is CNC1(C(F)(F)F)CCN(CCc2ccccc2)CC1. The quantitative estimate of drug-likeness (QED) is 0.915. The van der Waals surface area contributed by atoms with Crippen molar-refractivity contribution in [2.24, 2.45) is 0 Å². The fourth-order valence-electron chi connectivity index (χ4n) is 2.77. The molecule has 1 aromatic carbocycles. The Bertz CT molecular complexity index is 409. The maximum absolute atomic E-state index is 13.1.